The van der Waals surface area contributed by atoms with Gasteiger partial charge in [0.15, 0.2) is 0 Å². The van der Waals surface area contributed by atoms with Crippen LogP contribution in [0.25, 0.3) is 0 Å². The lowest BCUT2D eigenvalue weighted by Gasteiger charge is -2.51. The van der Waals surface area contributed by atoms with E-state index in [1.807, 2.05) is 0 Å². The van der Waals surface area contributed by atoms with Gasteiger partial charge >= 0.3 is 0 Å². The number of nitro groups is 1. The predicted octanol–water partition coefficient (Wildman–Crippen LogP) is 2.96. The highest BCUT2D eigenvalue weighted by Crippen LogP contribution is 2.44. The first-order valence-electron chi connectivity index (χ1n) is 6.09. The summed E-state index contributed by atoms with van der Waals surface area (Å²) in [6, 6.07) is 3.64. The molecule has 19 heavy (non-hydrogen) atoms. The number of hydrogen-bond donors (Lipinski definition) is 1. The molecular formula is C13H17FN2O3. The molecule has 2 unspecified atom stereocenters. The number of hydrogen-bond acceptors (Lipinski definition) is 4. The minimum absolute atomic E-state index is 0.0875. The van der Waals surface area contributed by atoms with E-state index < -0.39 is 10.7 Å². The highest BCUT2D eigenvalue weighted by Gasteiger charge is 2.48. The number of ether oxygens (including phenoxy) is 1. The standard InChI is InChI=1S/C13H17FN2O3/c1-13(2)11(7-12(13)19-3)15-9-4-8(14)5-10(6-9)16(17)18/h4-6,11-12,15H,7H2,1-3H3. The van der Waals surface area contributed by atoms with Crippen LogP contribution in [0.15, 0.2) is 18.2 Å². The van der Waals surface area contributed by atoms with Crippen molar-refractivity contribution >= 4 is 11.4 Å². The van der Waals surface area contributed by atoms with E-state index in [-0.39, 0.29) is 23.2 Å². The van der Waals surface area contributed by atoms with E-state index in [9.17, 15) is 14.5 Å². The van der Waals surface area contributed by atoms with Crippen molar-refractivity contribution in [2.75, 3.05) is 12.4 Å². The van der Waals surface area contributed by atoms with Crippen LogP contribution < -0.4 is 5.32 Å². The molecule has 0 spiro atoms. The van der Waals surface area contributed by atoms with Crippen molar-refractivity contribution in [2.24, 2.45) is 5.41 Å². The minimum Gasteiger partial charge on any atom is -0.381 e. The van der Waals surface area contributed by atoms with Crippen molar-refractivity contribution in [1.29, 1.82) is 0 Å². The molecule has 0 aromatic heterocycles. The van der Waals surface area contributed by atoms with E-state index in [0.29, 0.717) is 5.69 Å². The molecule has 1 N–H and O–H groups in total. The summed E-state index contributed by atoms with van der Waals surface area (Å²) in [7, 11) is 1.66. The van der Waals surface area contributed by atoms with Crippen molar-refractivity contribution in [3.63, 3.8) is 0 Å². The molecule has 1 saturated carbocycles. The van der Waals surface area contributed by atoms with E-state index in [1.54, 1.807) is 7.11 Å². The number of anilines is 1. The number of halogens is 1. The Kier molecular flexibility index (Phi) is 3.45. The monoisotopic (exact) mass is 268 g/mol. The highest BCUT2D eigenvalue weighted by molar-refractivity contribution is 5.52. The fourth-order valence-corrected chi connectivity index (χ4v) is 2.49. The molecule has 1 aromatic carbocycles. The van der Waals surface area contributed by atoms with Crippen molar-refractivity contribution in [1.82, 2.24) is 0 Å². The molecule has 5 nitrogen and oxygen atoms in total. The molecule has 0 bridgehead atoms. The average Bonchev–Trinajstić information content (AvgIpc) is 2.33. The van der Waals surface area contributed by atoms with Crippen LogP contribution in [0.1, 0.15) is 20.3 Å². The fourth-order valence-electron chi connectivity index (χ4n) is 2.49. The fraction of sp³-hybridized carbons (Fsp3) is 0.538. The quantitative estimate of drug-likeness (QED) is 0.673. The van der Waals surface area contributed by atoms with Gasteiger partial charge in [-0.25, -0.2) is 4.39 Å². The van der Waals surface area contributed by atoms with Gasteiger partial charge in [-0.2, -0.15) is 0 Å². The Morgan fingerprint density at radius 3 is 2.68 bits per heavy atom. The molecule has 1 aliphatic rings. The van der Waals surface area contributed by atoms with Crippen molar-refractivity contribution in [2.45, 2.75) is 32.4 Å². The zero-order chi connectivity index (χ0) is 14.2. The van der Waals surface area contributed by atoms with Gasteiger partial charge in [-0.3, -0.25) is 10.1 Å². The number of methoxy groups -OCH3 is 1. The Labute approximate surface area is 110 Å². The lowest BCUT2D eigenvalue weighted by atomic mass is 9.64. The summed E-state index contributed by atoms with van der Waals surface area (Å²) < 4.78 is 18.7. The Morgan fingerprint density at radius 2 is 2.16 bits per heavy atom. The zero-order valence-corrected chi connectivity index (χ0v) is 11.1. The molecule has 0 heterocycles. The third-order valence-corrected chi connectivity index (χ3v) is 3.90. The summed E-state index contributed by atoms with van der Waals surface area (Å²) in [5, 5.41) is 13.8. The second-order valence-electron chi connectivity index (χ2n) is 5.43. The van der Waals surface area contributed by atoms with E-state index in [4.69, 9.17) is 4.74 Å². The zero-order valence-electron chi connectivity index (χ0n) is 11.1. The summed E-state index contributed by atoms with van der Waals surface area (Å²) >= 11 is 0. The molecule has 0 amide bonds. The highest BCUT2D eigenvalue weighted by atomic mass is 19.1. The van der Waals surface area contributed by atoms with Crippen LogP contribution in [0.4, 0.5) is 15.8 Å². The summed E-state index contributed by atoms with van der Waals surface area (Å²) in [6.45, 7) is 4.10. The molecule has 0 aliphatic heterocycles. The second-order valence-corrected chi connectivity index (χ2v) is 5.43. The molecule has 6 heteroatoms. The van der Waals surface area contributed by atoms with E-state index in [1.165, 1.54) is 12.1 Å². The first-order chi connectivity index (χ1) is 8.84. The van der Waals surface area contributed by atoms with E-state index in [2.05, 4.69) is 19.2 Å². The van der Waals surface area contributed by atoms with Crippen LogP contribution in [0, 0.1) is 21.3 Å². The van der Waals surface area contributed by atoms with Gasteiger partial charge in [0.2, 0.25) is 0 Å². The molecule has 0 saturated heterocycles. The Bertz CT molecular complexity index is 505. The van der Waals surface area contributed by atoms with Crippen LogP contribution in [0.5, 0.6) is 0 Å². The summed E-state index contributed by atoms with van der Waals surface area (Å²) in [4.78, 5) is 10.1. The number of nitrogens with one attached hydrogen (secondary N) is 1. The Balaban J connectivity index is 2.15. The topological polar surface area (TPSA) is 64.4 Å². The molecule has 2 atom stereocenters. The van der Waals surface area contributed by atoms with Crippen molar-refractivity contribution in [3.8, 4) is 0 Å². The van der Waals surface area contributed by atoms with Crippen LogP contribution in [0.3, 0.4) is 0 Å². The summed E-state index contributed by atoms with van der Waals surface area (Å²) in [5.74, 6) is -0.614. The van der Waals surface area contributed by atoms with Crippen LogP contribution in [0.2, 0.25) is 0 Å². The Hall–Kier alpha value is -1.69. The van der Waals surface area contributed by atoms with Crippen molar-refractivity contribution < 1.29 is 14.1 Å². The number of nitro benzene ring substituents is 1. The van der Waals surface area contributed by atoms with Gasteiger partial charge in [0.05, 0.1) is 17.1 Å². The number of non-ortho nitro benzene ring substituents is 1. The Morgan fingerprint density at radius 1 is 1.47 bits per heavy atom. The molecular weight excluding hydrogens is 251 g/mol. The molecule has 1 fully saturated rings. The van der Waals surface area contributed by atoms with Gasteiger partial charge in [-0.05, 0) is 12.5 Å². The first kappa shape index (κ1) is 13.7. The second kappa shape index (κ2) is 4.77. The molecule has 104 valence electrons. The summed E-state index contributed by atoms with van der Waals surface area (Å²) in [6.07, 6.45) is 0.946. The minimum atomic E-state index is -0.614. The maximum atomic E-state index is 13.3. The number of benzene rings is 1. The lowest BCUT2D eigenvalue weighted by Crippen LogP contribution is -2.57. The number of nitrogens with zero attached hydrogens (tertiary/aromatic N) is 1. The third-order valence-electron chi connectivity index (χ3n) is 3.90. The maximum absolute atomic E-state index is 13.3. The lowest BCUT2D eigenvalue weighted by molar-refractivity contribution is -0.385. The van der Waals surface area contributed by atoms with Crippen LogP contribution in [-0.2, 0) is 4.74 Å². The molecule has 2 rings (SSSR count). The molecule has 0 radical (unpaired) electrons. The van der Waals surface area contributed by atoms with Gasteiger partial charge in [0.25, 0.3) is 5.69 Å². The van der Waals surface area contributed by atoms with Gasteiger partial charge in [-0.1, -0.05) is 13.8 Å². The smallest absolute Gasteiger partial charge is 0.274 e. The van der Waals surface area contributed by atoms with Gasteiger partial charge in [0.1, 0.15) is 5.82 Å². The van der Waals surface area contributed by atoms with Crippen molar-refractivity contribution in [3.05, 3.63) is 34.1 Å². The normalized spacial score (nSPS) is 24.6. The van der Waals surface area contributed by atoms with Gasteiger partial charge in [0, 0.05) is 30.3 Å². The van der Waals surface area contributed by atoms with Gasteiger partial charge < -0.3 is 10.1 Å². The van der Waals surface area contributed by atoms with Crippen LogP contribution >= 0.6 is 0 Å². The van der Waals surface area contributed by atoms with E-state index in [0.717, 1.165) is 12.5 Å². The number of rotatable bonds is 4. The predicted molar refractivity (Wildman–Crippen MR) is 69.7 cm³/mol. The third kappa shape index (κ3) is 2.53. The average molecular weight is 268 g/mol. The SMILES string of the molecule is COC1CC(Nc2cc(F)cc([N+](=O)[O-])c2)C1(C)C. The van der Waals surface area contributed by atoms with Gasteiger partial charge in [-0.15, -0.1) is 0 Å². The molecule has 1 aromatic rings. The largest absolute Gasteiger partial charge is 0.381 e. The molecule has 1 aliphatic carbocycles. The maximum Gasteiger partial charge on any atom is 0.274 e. The first-order valence-corrected chi connectivity index (χ1v) is 6.09. The van der Waals surface area contributed by atoms with E-state index >= 15 is 0 Å². The summed E-state index contributed by atoms with van der Waals surface area (Å²) in [5.41, 5.74) is 0.0952. The van der Waals surface area contributed by atoms with Crippen LogP contribution in [-0.4, -0.2) is 24.2 Å².